The minimum Gasteiger partial charge on any atom is -0.374 e. The molecule has 0 fully saturated rings. The number of thiophene rings is 1. The Hall–Kier alpha value is -1.01. The van der Waals surface area contributed by atoms with Gasteiger partial charge < -0.3 is 10.1 Å². The standard InChI is InChI=1S/C15H16ClNO2S2/c1-19-11(13-7-8-14(16)21-13)9-17-15(18)10-5-3-4-6-12(10)20-2/h3-8,11H,9H2,1-2H3,(H,17,18). The van der Waals surface area contributed by atoms with E-state index in [0.29, 0.717) is 16.4 Å². The lowest BCUT2D eigenvalue weighted by Crippen LogP contribution is -2.29. The lowest BCUT2D eigenvalue weighted by molar-refractivity contribution is 0.0835. The third kappa shape index (κ3) is 4.23. The van der Waals surface area contributed by atoms with Crippen molar-refractivity contribution in [3.63, 3.8) is 0 Å². The summed E-state index contributed by atoms with van der Waals surface area (Å²) in [5.74, 6) is -0.0929. The van der Waals surface area contributed by atoms with Gasteiger partial charge in [-0.3, -0.25) is 4.79 Å². The Morgan fingerprint density at radius 3 is 2.76 bits per heavy atom. The third-order valence-corrected chi connectivity index (χ3v) is 5.11. The van der Waals surface area contributed by atoms with Crippen molar-refractivity contribution in [1.29, 1.82) is 0 Å². The largest absolute Gasteiger partial charge is 0.374 e. The first kappa shape index (κ1) is 16.4. The average molecular weight is 342 g/mol. The second-order valence-electron chi connectivity index (χ2n) is 4.28. The van der Waals surface area contributed by atoms with Crippen molar-refractivity contribution in [2.24, 2.45) is 0 Å². The van der Waals surface area contributed by atoms with Gasteiger partial charge >= 0.3 is 0 Å². The van der Waals surface area contributed by atoms with Crippen molar-refractivity contribution in [2.45, 2.75) is 11.0 Å². The first-order valence-corrected chi connectivity index (χ1v) is 8.77. The van der Waals surface area contributed by atoms with Crippen LogP contribution in [0.15, 0.2) is 41.3 Å². The number of carbonyl (C=O) groups is 1. The van der Waals surface area contributed by atoms with Gasteiger partial charge in [-0.15, -0.1) is 23.1 Å². The molecule has 1 unspecified atom stereocenters. The van der Waals surface area contributed by atoms with Gasteiger partial charge in [-0.2, -0.15) is 0 Å². The molecule has 2 aromatic rings. The number of carbonyl (C=O) groups excluding carboxylic acids is 1. The van der Waals surface area contributed by atoms with Crippen LogP contribution in [-0.4, -0.2) is 25.8 Å². The Labute approximate surface area is 137 Å². The van der Waals surface area contributed by atoms with Gasteiger partial charge in [0, 0.05) is 23.4 Å². The fourth-order valence-electron chi connectivity index (χ4n) is 1.91. The Kier molecular flexibility index (Phi) is 6.11. The highest BCUT2D eigenvalue weighted by Crippen LogP contribution is 2.28. The van der Waals surface area contributed by atoms with Gasteiger partial charge in [0.05, 0.1) is 9.90 Å². The molecular weight excluding hydrogens is 326 g/mol. The molecule has 0 aliphatic heterocycles. The Morgan fingerprint density at radius 2 is 2.14 bits per heavy atom. The number of hydrogen-bond acceptors (Lipinski definition) is 4. The first-order valence-electron chi connectivity index (χ1n) is 6.35. The Balaban J connectivity index is 2.02. The zero-order chi connectivity index (χ0) is 15.2. The SMILES string of the molecule is COC(CNC(=O)c1ccccc1SC)c1ccc(Cl)s1. The smallest absolute Gasteiger partial charge is 0.252 e. The zero-order valence-corrected chi connectivity index (χ0v) is 14.1. The van der Waals surface area contributed by atoms with Gasteiger partial charge in [0.1, 0.15) is 6.10 Å². The molecule has 112 valence electrons. The van der Waals surface area contributed by atoms with E-state index in [2.05, 4.69) is 5.32 Å². The van der Waals surface area contributed by atoms with Crippen molar-refractivity contribution in [2.75, 3.05) is 19.9 Å². The van der Waals surface area contributed by atoms with Crippen LogP contribution in [0.1, 0.15) is 21.3 Å². The fraction of sp³-hybridized carbons (Fsp3) is 0.267. The molecule has 3 nitrogen and oxygen atoms in total. The van der Waals surface area contributed by atoms with Crippen LogP contribution in [0, 0.1) is 0 Å². The Bertz CT molecular complexity index is 615. The molecular formula is C15H16ClNO2S2. The lowest BCUT2D eigenvalue weighted by Gasteiger charge is -2.15. The summed E-state index contributed by atoms with van der Waals surface area (Å²) in [4.78, 5) is 14.2. The number of amides is 1. The van der Waals surface area contributed by atoms with Crippen molar-refractivity contribution in [1.82, 2.24) is 5.32 Å². The number of thioether (sulfide) groups is 1. The maximum absolute atomic E-state index is 12.3. The summed E-state index contributed by atoms with van der Waals surface area (Å²) in [5, 5.41) is 2.92. The maximum atomic E-state index is 12.3. The molecule has 0 radical (unpaired) electrons. The Morgan fingerprint density at radius 1 is 1.38 bits per heavy atom. The molecule has 0 spiro atoms. The maximum Gasteiger partial charge on any atom is 0.252 e. The van der Waals surface area contributed by atoms with E-state index in [1.807, 2.05) is 42.7 Å². The molecule has 0 aliphatic carbocycles. The highest BCUT2D eigenvalue weighted by atomic mass is 35.5. The van der Waals surface area contributed by atoms with E-state index < -0.39 is 0 Å². The summed E-state index contributed by atoms with van der Waals surface area (Å²) < 4.78 is 6.14. The number of ether oxygens (including phenoxy) is 1. The summed E-state index contributed by atoms with van der Waals surface area (Å²) in [5.41, 5.74) is 0.684. The number of halogens is 1. The molecule has 6 heteroatoms. The van der Waals surface area contributed by atoms with Crippen molar-refractivity contribution in [3.8, 4) is 0 Å². The molecule has 1 atom stereocenters. The summed E-state index contributed by atoms with van der Waals surface area (Å²) in [6.45, 7) is 0.412. The van der Waals surface area contributed by atoms with Crippen LogP contribution in [0.5, 0.6) is 0 Å². The molecule has 0 saturated heterocycles. The van der Waals surface area contributed by atoms with Crippen LogP contribution in [-0.2, 0) is 4.74 Å². The van der Waals surface area contributed by atoms with Crippen molar-refractivity contribution in [3.05, 3.63) is 51.2 Å². The van der Waals surface area contributed by atoms with Gasteiger partial charge in [-0.25, -0.2) is 0 Å². The molecule has 1 heterocycles. The van der Waals surface area contributed by atoms with Crippen LogP contribution in [0.2, 0.25) is 4.34 Å². The van der Waals surface area contributed by atoms with E-state index >= 15 is 0 Å². The molecule has 0 aliphatic rings. The van der Waals surface area contributed by atoms with Crippen molar-refractivity contribution >= 4 is 40.6 Å². The normalized spacial score (nSPS) is 12.1. The van der Waals surface area contributed by atoms with E-state index in [0.717, 1.165) is 9.77 Å². The average Bonchev–Trinajstić information content (AvgIpc) is 2.94. The van der Waals surface area contributed by atoms with Crippen LogP contribution in [0.4, 0.5) is 0 Å². The summed E-state index contributed by atoms with van der Waals surface area (Å²) in [6.07, 6.45) is 1.77. The molecule has 2 rings (SSSR count). The second kappa shape index (κ2) is 7.84. The quantitative estimate of drug-likeness (QED) is 0.798. The molecule has 1 amide bonds. The van der Waals surface area contributed by atoms with Gasteiger partial charge in [-0.05, 0) is 30.5 Å². The molecule has 1 aromatic heterocycles. The predicted octanol–water partition coefficient (Wildman–Crippen LogP) is 4.24. The molecule has 0 saturated carbocycles. The predicted molar refractivity (Wildman–Crippen MR) is 89.6 cm³/mol. The van der Waals surface area contributed by atoms with Crippen LogP contribution in [0.25, 0.3) is 0 Å². The van der Waals surface area contributed by atoms with Crippen LogP contribution in [0.3, 0.4) is 0 Å². The van der Waals surface area contributed by atoms with Crippen LogP contribution < -0.4 is 5.32 Å². The van der Waals surface area contributed by atoms with Gasteiger partial charge in [0.15, 0.2) is 0 Å². The van der Waals surface area contributed by atoms with Gasteiger partial charge in [0.25, 0.3) is 5.91 Å². The van der Waals surface area contributed by atoms with E-state index in [-0.39, 0.29) is 12.0 Å². The van der Waals surface area contributed by atoms with E-state index in [1.165, 1.54) is 11.3 Å². The first-order chi connectivity index (χ1) is 10.2. The summed E-state index contributed by atoms with van der Waals surface area (Å²) in [6, 6.07) is 11.3. The zero-order valence-electron chi connectivity index (χ0n) is 11.8. The number of rotatable bonds is 6. The monoisotopic (exact) mass is 341 g/mol. The van der Waals surface area contributed by atoms with E-state index in [4.69, 9.17) is 16.3 Å². The van der Waals surface area contributed by atoms with Gasteiger partial charge in [-0.1, -0.05) is 23.7 Å². The molecule has 0 bridgehead atoms. The lowest BCUT2D eigenvalue weighted by atomic mass is 10.2. The third-order valence-electron chi connectivity index (χ3n) is 3.00. The topological polar surface area (TPSA) is 38.3 Å². The minimum absolute atomic E-state index is 0.0929. The van der Waals surface area contributed by atoms with Gasteiger partial charge in [0.2, 0.25) is 0 Å². The number of nitrogens with one attached hydrogen (secondary N) is 1. The minimum atomic E-state index is -0.187. The van der Waals surface area contributed by atoms with Crippen LogP contribution >= 0.6 is 34.7 Å². The molecule has 21 heavy (non-hydrogen) atoms. The summed E-state index contributed by atoms with van der Waals surface area (Å²) in [7, 11) is 1.63. The highest BCUT2D eigenvalue weighted by molar-refractivity contribution is 7.98. The fourth-order valence-corrected chi connectivity index (χ4v) is 3.65. The highest BCUT2D eigenvalue weighted by Gasteiger charge is 2.16. The second-order valence-corrected chi connectivity index (χ2v) is 6.87. The van der Waals surface area contributed by atoms with E-state index in [1.54, 1.807) is 18.9 Å². The van der Waals surface area contributed by atoms with Crippen molar-refractivity contribution < 1.29 is 9.53 Å². The number of methoxy groups -OCH3 is 1. The summed E-state index contributed by atoms with van der Waals surface area (Å²) >= 11 is 8.95. The number of benzene rings is 1. The van der Waals surface area contributed by atoms with E-state index in [9.17, 15) is 4.79 Å². The number of hydrogen-bond donors (Lipinski definition) is 1. The molecule has 1 aromatic carbocycles. The molecule has 1 N–H and O–H groups in total.